The van der Waals surface area contributed by atoms with Crippen LogP contribution in [0.15, 0.2) is 77.3 Å². The highest BCUT2D eigenvalue weighted by molar-refractivity contribution is 9.10. The molecule has 1 aliphatic heterocycles. The molecule has 1 heterocycles. The lowest BCUT2D eigenvalue weighted by molar-refractivity contribution is -0.131. The largest absolute Gasteiger partial charge is 0.508 e. The van der Waals surface area contributed by atoms with Crippen molar-refractivity contribution in [3.63, 3.8) is 0 Å². The molecule has 1 amide bonds. The molecule has 0 aromatic heterocycles. The van der Waals surface area contributed by atoms with Crippen LogP contribution in [0.3, 0.4) is 0 Å². The maximum atomic E-state index is 13.7. The smallest absolute Gasteiger partial charge is 0.233 e. The Morgan fingerprint density at radius 3 is 2.30 bits per heavy atom. The lowest BCUT2D eigenvalue weighted by atomic mass is 9.78. The molecule has 0 unspecified atom stereocenters. The van der Waals surface area contributed by atoms with Crippen molar-refractivity contribution in [2.45, 2.75) is 63.9 Å². The van der Waals surface area contributed by atoms with Crippen molar-refractivity contribution in [3.05, 3.63) is 94.2 Å². The van der Waals surface area contributed by atoms with Crippen molar-refractivity contribution in [2.24, 2.45) is 5.92 Å². The van der Waals surface area contributed by atoms with Crippen LogP contribution in [0.2, 0.25) is 18.1 Å². The van der Waals surface area contributed by atoms with Gasteiger partial charge in [0.25, 0.3) is 0 Å². The van der Waals surface area contributed by atoms with Crippen LogP contribution in [0.4, 0.5) is 10.1 Å². The fourth-order valence-corrected chi connectivity index (χ4v) is 6.33. The van der Waals surface area contributed by atoms with E-state index in [2.05, 4.69) is 49.8 Å². The highest BCUT2D eigenvalue weighted by Gasteiger charge is 2.50. The highest BCUT2D eigenvalue weighted by atomic mass is 79.9. The number of carbonyl (C=O) groups is 1. The van der Waals surface area contributed by atoms with Gasteiger partial charge >= 0.3 is 0 Å². The zero-order chi connectivity index (χ0) is 27.0. The molecule has 0 radical (unpaired) electrons. The van der Waals surface area contributed by atoms with Crippen molar-refractivity contribution in [2.75, 3.05) is 4.90 Å². The lowest BCUT2D eigenvalue weighted by Crippen LogP contribution is -2.55. The molecule has 1 fully saturated rings. The molecule has 3 atom stereocenters. The molecule has 1 saturated heterocycles. The molecule has 4 nitrogen and oxygen atoms in total. The number of aromatic hydroxyl groups is 1. The fraction of sp³-hybridized carbons (Fsp3) is 0.367. The van der Waals surface area contributed by atoms with Gasteiger partial charge in [-0.2, -0.15) is 0 Å². The minimum atomic E-state index is -2.14. The third kappa shape index (κ3) is 5.84. The van der Waals surface area contributed by atoms with Gasteiger partial charge in [0.2, 0.25) is 5.91 Å². The van der Waals surface area contributed by atoms with E-state index in [4.69, 9.17) is 4.43 Å². The number of halogens is 2. The van der Waals surface area contributed by atoms with Crippen molar-refractivity contribution in [1.82, 2.24) is 0 Å². The van der Waals surface area contributed by atoms with Gasteiger partial charge in [0.1, 0.15) is 11.6 Å². The van der Waals surface area contributed by atoms with Crippen molar-refractivity contribution in [3.8, 4) is 5.75 Å². The third-order valence-electron chi connectivity index (χ3n) is 7.78. The molecule has 3 aromatic rings. The van der Waals surface area contributed by atoms with Crippen LogP contribution in [0, 0.1) is 11.7 Å². The highest BCUT2D eigenvalue weighted by Crippen LogP contribution is 2.49. The number of phenols is 1. The average Bonchev–Trinajstić information content (AvgIpc) is 2.83. The van der Waals surface area contributed by atoms with Gasteiger partial charge in [-0.1, -0.05) is 73.1 Å². The topological polar surface area (TPSA) is 49.8 Å². The summed E-state index contributed by atoms with van der Waals surface area (Å²) in [6, 6.07) is 21.2. The van der Waals surface area contributed by atoms with E-state index in [0.717, 1.165) is 21.3 Å². The number of hydrogen-bond acceptors (Lipinski definition) is 3. The Bertz CT molecular complexity index is 1240. The third-order valence-corrected chi connectivity index (χ3v) is 12.8. The predicted molar refractivity (Wildman–Crippen MR) is 153 cm³/mol. The second-order valence-corrected chi connectivity index (χ2v) is 17.0. The standard InChI is InChI=1S/C30H35BrFNO3Si/c1-30(2,3)37(4,5)36-27(20-11-14-22(32)15-12-20)18-17-25-28(24-16-13-21(31)19-26(24)34)33(29(25)35)23-9-7-6-8-10-23/h6-16,19,25,27-28,34H,17-18H2,1-5H3/t25-,27+,28-/m1/s1. The minimum Gasteiger partial charge on any atom is -0.508 e. The number of anilines is 1. The van der Waals surface area contributed by atoms with Crippen molar-refractivity contribution < 1.29 is 18.7 Å². The summed E-state index contributed by atoms with van der Waals surface area (Å²) in [4.78, 5) is 15.3. The summed E-state index contributed by atoms with van der Waals surface area (Å²) in [5, 5.41) is 10.8. The predicted octanol–water partition coefficient (Wildman–Crippen LogP) is 8.54. The number of hydrogen-bond donors (Lipinski definition) is 1. The van der Waals surface area contributed by atoms with Gasteiger partial charge in [0.05, 0.1) is 18.1 Å². The molecule has 4 rings (SSSR count). The fourth-order valence-electron chi connectivity index (χ4n) is 4.66. The van der Waals surface area contributed by atoms with Crippen LogP contribution >= 0.6 is 15.9 Å². The summed E-state index contributed by atoms with van der Waals surface area (Å²) in [6.07, 6.45) is 0.948. The maximum Gasteiger partial charge on any atom is 0.233 e. The summed E-state index contributed by atoms with van der Waals surface area (Å²) in [5.41, 5.74) is 2.45. The first-order chi connectivity index (χ1) is 17.4. The Balaban J connectivity index is 1.63. The van der Waals surface area contributed by atoms with Crippen LogP contribution in [0.25, 0.3) is 0 Å². The molecule has 1 aliphatic rings. The SMILES string of the molecule is CC(C)(C)[Si](C)(C)O[C@@H](CC[C@H]1C(=O)N(c2ccccc2)[C@@H]1c1ccc(Br)cc1O)c1ccc(F)cc1. The maximum absolute atomic E-state index is 13.7. The van der Waals surface area contributed by atoms with E-state index < -0.39 is 8.32 Å². The van der Waals surface area contributed by atoms with Crippen LogP contribution in [-0.2, 0) is 9.22 Å². The summed E-state index contributed by atoms with van der Waals surface area (Å²) in [5.74, 6) is -0.402. The van der Waals surface area contributed by atoms with Crippen LogP contribution < -0.4 is 4.90 Å². The Kier molecular flexibility index (Phi) is 7.98. The van der Waals surface area contributed by atoms with E-state index in [0.29, 0.717) is 12.8 Å². The molecule has 3 aromatic carbocycles. The second-order valence-electron chi connectivity index (χ2n) is 11.3. The number of nitrogens with zero attached hydrogens (tertiary/aromatic N) is 1. The Hall–Kier alpha value is -2.48. The van der Waals surface area contributed by atoms with Crippen molar-refractivity contribution in [1.29, 1.82) is 0 Å². The molecule has 0 bridgehead atoms. The van der Waals surface area contributed by atoms with Crippen LogP contribution in [0.1, 0.15) is 56.9 Å². The molecule has 1 N–H and O–H groups in total. The first-order valence-electron chi connectivity index (χ1n) is 12.7. The van der Waals surface area contributed by atoms with E-state index in [1.165, 1.54) is 12.1 Å². The molecular weight excluding hydrogens is 549 g/mol. The van der Waals surface area contributed by atoms with E-state index >= 15 is 0 Å². The number of β-lactam (4-membered cyclic amide) rings is 1. The van der Waals surface area contributed by atoms with Crippen LogP contribution in [-0.4, -0.2) is 19.3 Å². The summed E-state index contributed by atoms with van der Waals surface area (Å²) >= 11 is 3.42. The minimum absolute atomic E-state index is 0.00737. The number of phenolic OH excluding ortho intramolecular Hbond substituents is 1. The number of rotatable bonds is 8. The number of carbonyl (C=O) groups excluding carboxylic acids is 1. The van der Waals surface area contributed by atoms with Gasteiger partial charge in [0, 0.05) is 15.7 Å². The second kappa shape index (κ2) is 10.7. The quantitative estimate of drug-likeness (QED) is 0.213. The van der Waals surface area contributed by atoms with Gasteiger partial charge in [-0.15, -0.1) is 0 Å². The molecule has 0 spiro atoms. The van der Waals surface area contributed by atoms with Gasteiger partial charge in [0.15, 0.2) is 8.32 Å². The van der Waals surface area contributed by atoms with Gasteiger partial charge in [-0.05, 0) is 72.9 Å². The zero-order valence-corrected chi connectivity index (χ0v) is 24.6. The van der Waals surface area contributed by atoms with E-state index in [1.54, 1.807) is 23.1 Å². The van der Waals surface area contributed by atoms with Crippen LogP contribution in [0.5, 0.6) is 5.75 Å². The summed E-state index contributed by atoms with van der Waals surface area (Å²) in [6.45, 7) is 11.0. The monoisotopic (exact) mass is 583 g/mol. The number of amides is 1. The molecule has 196 valence electrons. The Morgan fingerprint density at radius 2 is 1.70 bits per heavy atom. The lowest BCUT2D eigenvalue weighted by Gasteiger charge is -2.48. The molecule has 37 heavy (non-hydrogen) atoms. The van der Waals surface area contributed by atoms with Gasteiger partial charge in [-0.3, -0.25) is 4.79 Å². The first-order valence-corrected chi connectivity index (χ1v) is 16.4. The first kappa shape index (κ1) is 27.5. The van der Waals surface area contributed by atoms with Gasteiger partial charge in [-0.25, -0.2) is 4.39 Å². The van der Waals surface area contributed by atoms with E-state index in [1.807, 2.05) is 42.5 Å². The average molecular weight is 585 g/mol. The van der Waals surface area contributed by atoms with Crippen molar-refractivity contribution >= 4 is 35.8 Å². The molecule has 0 saturated carbocycles. The Labute approximate surface area is 228 Å². The summed E-state index contributed by atoms with van der Waals surface area (Å²) in [7, 11) is -2.14. The molecule has 0 aliphatic carbocycles. The number of para-hydroxylation sites is 1. The van der Waals surface area contributed by atoms with Gasteiger partial charge < -0.3 is 14.4 Å². The molecule has 7 heteroatoms. The number of benzene rings is 3. The summed E-state index contributed by atoms with van der Waals surface area (Å²) < 4.78 is 21.3. The van der Waals surface area contributed by atoms with E-state index in [-0.39, 0.29) is 40.6 Å². The molecular formula is C30H35BrFNO3Si. The normalized spacial score (nSPS) is 19.0. The van der Waals surface area contributed by atoms with E-state index in [9.17, 15) is 14.3 Å². The Morgan fingerprint density at radius 1 is 1.05 bits per heavy atom. The zero-order valence-electron chi connectivity index (χ0n) is 22.0.